The molecule has 0 aliphatic heterocycles. The molecule has 2 aliphatic carbocycles. The molecule has 118 valence electrons. The molecule has 0 saturated heterocycles. The number of nitrogens with zero attached hydrogens (tertiary/aromatic N) is 2. The smallest absolute Gasteiger partial charge is 0.0330 e. The molecular weight excluding hydrogens is 246 g/mol. The largest absolute Gasteiger partial charge is 0.315 e. The predicted molar refractivity (Wildman–Crippen MR) is 87.2 cm³/mol. The van der Waals surface area contributed by atoms with Crippen LogP contribution in [-0.2, 0) is 0 Å². The monoisotopic (exact) mass is 281 g/mol. The highest BCUT2D eigenvalue weighted by atomic mass is 15.3. The average molecular weight is 281 g/mol. The second-order valence-electron chi connectivity index (χ2n) is 8.10. The molecule has 20 heavy (non-hydrogen) atoms. The van der Waals surface area contributed by atoms with Crippen LogP contribution in [-0.4, -0.2) is 62.2 Å². The highest BCUT2D eigenvalue weighted by Gasteiger charge is 2.44. The van der Waals surface area contributed by atoms with Crippen molar-refractivity contribution in [2.24, 2.45) is 5.41 Å². The van der Waals surface area contributed by atoms with E-state index in [1.165, 1.54) is 45.1 Å². The third kappa shape index (κ3) is 2.90. The van der Waals surface area contributed by atoms with Crippen molar-refractivity contribution in [2.75, 3.05) is 34.7 Å². The van der Waals surface area contributed by atoms with Crippen LogP contribution in [0.4, 0.5) is 0 Å². The lowest BCUT2D eigenvalue weighted by Gasteiger charge is -2.53. The lowest BCUT2D eigenvalue weighted by Crippen LogP contribution is -2.63. The van der Waals surface area contributed by atoms with Gasteiger partial charge in [0.1, 0.15) is 0 Å². The van der Waals surface area contributed by atoms with E-state index < -0.39 is 0 Å². The van der Waals surface area contributed by atoms with Gasteiger partial charge >= 0.3 is 0 Å². The fourth-order valence-corrected chi connectivity index (χ4v) is 4.58. The summed E-state index contributed by atoms with van der Waals surface area (Å²) in [4.78, 5) is 5.12. The van der Waals surface area contributed by atoms with Crippen LogP contribution in [0.2, 0.25) is 0 Å². The Bertz CT molecular complexity index is 320. The number of nitrogens with one attached hydrogen (secondary N) is 1. The van der Waals surface area contributed by atoms with Crippen LogP contribution in [0.5, 0.6) is 0 Å². The first-order chi connectivity index (χ1) is 9.32. The molecule has 0 aromatic rings. The van der Waals surface area contributed by atoms with E-state index in [1.54, 1.807) is 0 Å². The third-order valence-electron chi connectivity index (χ3n) is 6.20. The van der Waals surface area contributed by atoms with Gasteiger partial charge in [-0.05, 0) is 65.7 Å². The van der Waals surface area contributed by atoms with E-state index in [0.29, 0.717) is 23.0 Å². The molecule has 2 aliphatic rings. The van der Waals surface area contributed by atoms with Crippen molar-refractivity contribution in [3.05, 3.63) is 0 Å². The molecule has 3 nitrogen and oxygen atoms in total. The van der Waals surface area contributed by atoms with Gasteiger partial charge in [0.2, 0.25) is 0 Å². The van der Waals surface area contributed by atoms with Crippen LogP contribution in [0.25, 0.3) is 0 Å². The standard InChI is InChI=1S/C17H35N3/c1-16(2)10-7-9-14(15(16)18-3)20(6)13-17(19(4)5)11-8-12-17/h14-15,18H,7-13H2,1-6H3. The van der Waals surface area contributed by atoms with Gasteiger partial charge in [0, 0.05) is 24.2 Å². The van der Waals surface area contributed by atoms with Crippen LogP contribution >= 0.6 is 0 Å². The lowest BCUT2D eigenvalue weighted by molar-refractivity contribution is -0.00993. The molecule has 2 saturated carbocycles. The van der Waals surface area contributed by atoms with Crippen molar-refractivity contribution in [3.8, 4) is 0 Å². The predicted octanol–water partition coefficient (Wildman–Crippen LogP) is 2.57. The molecule has 2 rings (SSSR count). The van der Waals surface area contributed by atoms with Gasteiger partial charge in [-0.1, -0.05) is 20.3 Å². The van der Waals surface area contributed by atoms with Gasteiger partial charge in [0.05, 0.1) is 0 Å². The zero-order chi connectivity index (χ0) is 15.0. The molecule has 0 aromatic heterocycles. The van der Waals surface area contributed by atoms with Crippen LogP contribution in [0, 0.1) is 5.41 Å². The number of hydrogen-bond donors (Lipinski definition) is 1. The topological polar surface area (TPSA) is 18.5 Å². The van der Waals surface area contributed by atoms with Crippen molar-refractivity contribution >= 4 is 0 Å². The molecule has 0 aromatic carbocycles. The maximum Gasteiger partial charge on any atom is 0.0330 e. The van der Waals surface area contributed by atoms with Gasteiger partial charge in [0.15, 0.2) is 0 Å². The molecule has 2 atom stereocenters. The van der Waals surface area contributed by atoms with Crippen molar-refractivity contribution in [2.45, 2.75) is 70.0 Å². The van der Waals surface area contributed by atoms with Gasteiger partial charge < -0.3 is 15.1 Å². The summed E-state index contributed by atoms with van der Waals surface area (Å²) in [5.74, 6) is 0. The molecule has 0 amide bonds. The van der Waals surface area contributed by atoms with Crippen molar-refractivity contribution in [1.29, 1.82) is 0 Å². The summed E-state index contributed by atoms with van der Waals surface area (Å²) >= 11 is 0. The molecule has 2 unspecified atom stereocenters. The Morgan fingerprint density at radius 1 is 1.05 bits per heavy atom. The van der Waals surface area contributed by atoms with E-state index in [-0.39, 0.29) is 0 Å². The summed E-state index contributed by atoms with van der Waals surface area (Å²) in [7, 11) is 9.00. The average Bonchev–Trinajstić information content (AvgIpc) is 2.31. The van der Waals surface area contributed by atoms with E-state index >= 15 is 0 Å². The zero-order valence-electron chi connectivity index (χ0n) is 14.5. The summed E-state index contributed by atoms with van der Waals surface area (Å²) in [5.41, 5.74) is 0.853. The SMILES string of the molecule is CNC1C(N(C)CC2(N(C)C)CCC2)CCCC1(C)C. The first kappa shape index (κ1) is 16.3. The Labute approximate surface area is 126 Å². The first-order valence-corrected chi connectivity index (χ1v) is 8.37. The van der Waals surface area contributed by atoms with E-state index in [0.717, 1.165) is 0 Å². The second-order valence-corrected chi connectivity index (χ2v) is 8.10. The van der Waals surface area contributed by atoms with Gasteiger partial charge in [-0.3, -0.25) is 0 Å². The summed E-state index contributed by atoms with van der Waals surface area (Å²) in [6.45, 7) is 6.08. The summed E-state index contributed by atoms with van der Waals surface area (Å²) < 4.78 is 0. The number of hydrogen-bond acceptors (Lipinski definition) is 3. The van der Waals surface area contributed by atoms with Gasteiger partial charge in [-0.25, -0.2) is 0 Å². The fraction of sp³-hybridized carbons (Fsp3) is 1.00. The van der Waals surface area contributed by atoms with Gasteiger partial charge in [-0.15, -0.1) is 0 Å². The zero-order valence-corrected chi connectivity index (χ0v) is 14.5. The lowest BCUT2D eigenvalue weighted by atomic mass is 9.69. The maximum absolute atomic E-state index is 3.62. The van der Waals surface area contributed by atoms with Crippen molar-refractivity contribution < 1.29 is 0 Å². The fourth-order valence-electron chi connectivity index (χ4n) is 4.58. The molecule has 0 spiro atoms. The van der Waals surface area contributed by atoms with Crippen LogP contribution in [0.3, 0.4) is 0 Å². The number of rotatable bonds is 5. The van der Waals surface area contributed by atoms with Crippen LogP contribution in [0.15, 0.2) is 0 Å². The van der Waals surface area contributed by atoms with E-state index in [4.69, 9.17) is 0 Å². The quantitative estimate of drug-likeness (QED) is 0.835. The molecule has 0 heterocycles. The Balaban J connectivity index is 2.05. The Hall–Kier alpha value is -0.120. The minimum atomic E-state index is 0.414. The first-order valence-electron chi connectivity index (χ1n) is 8.37. The van der Waals surface area contributed by atoms with E-state index in [2.05, 4.69) is 57.2 Å². The normalized spacial score (nSPS) is 32.4. The third-order valence-corrected chi connectivity index (χ3v) is 6.20. The van der Waals surface area contributed by atoms with Crippen molar-refractivity contribution in [3.63, 3.8) is 0 Å². The minimum absolute atomic E-state index is 0.414. The number of likely N-dealkylation sites (N-methyl/N-ethyl adjacent to an activating group) is 3. The summed E-state index contributed by atoms with van der Waals surface area (Å²) in [6.07, 6.45) is 8.19. The molecular formula is C17H35N3. The molecule has 2 fully saturated rings. The molecule has 3 heteroatoms. The van der Waals surface area contributed by atoms with Gasteiger partial charge in [0.25, 0.3) is 0 Å². The van der Waals surface area contributed by atoms with Crippen LogP contribution in [0.1, 0.15) is 52.4 Å². The van der Waals surface area contributed by atoms with Crippen molar-refractivity contribution in [1.82, 2.24) is 15.1 Å². The summed E-state index contributed by atoms with van der Waals surface area (Å²) in [5, 5.41) is 3.62. The molecule has 1 N–H and O–H groups in total. The Morgan fingerprint density at radius 3 is 2.15 bits per heavy atom. The molecule has 0 bridgehead atoms. The van der Waals surface area contributed by atoms with E-state index in [9.17, 15) is 0 Å². The summed E-state index contributed by atoms with van der Waals surface area (Å²) in [6, 6.07) is 1.29. The highest BCUT2D eigenvalue weighted by Crippen LogP contribution is 2.40. The molecule has 0 radical (unpaired) electrons. The minimum Gasteiger partial charge on any atom is -0.315 e. The maximum atomic E-state index is 3.62. The highest BCUT2D eigenvalue weighted by molar-refractivity contribution is 5.02. The Morgan fingerprint density at radius 2 is 1.70 bits per heavy atom. The van der Waals surface area contributed by atoms with E-state index in [1.807, 2.05) is 0 Å². The second kappa shape index (κ2) is 5.94. The van der Waals surface area contributed by atoms with Crippen LogP contribution < -0.4 is 5.32 Å². The van der Waals surface area contributed by atoms with Gasteiger partial charge in [-0.2, -0.15) is 0 Å². The Kier molecular flexibility index (Phi) is 4.83.